The fraction of sp³-hybridized carbons (Fsp3) is 0.222. The van der Waals surface area contributed by atoms with Gasteiger partial charge in [0.05, 0.1) is 0 Å². The van der Waals surface area contributed by atoms with Gasteiger partial charge in [-0.3, -0.25) is 4.90 Å². The molecule has 0 saturated heterocycles. The van der Waals surface area contributed by atoms with Crippen LogP contribution < -0.4 is 10.2 Å². The third kappa shape index (κ3) is 2.36. The van der Waals surface area contributed by atoms with Crippen LogP contribution in [0.2, 0.25) is 0 Å². The Morgan fingerprint density at radius 1 is 1.46 bits per heavy atom. The van der Waals surface area contributed by atoms with Crippen molar-refractivity contribution in [2.75, 3.05) is 18.0 Å². The molecule has 70 valence electrons. The summed E-state index contributed by atoms with van der Waals surface area (Å²) in [7, 11) is 1.57. The van der Waals surface area contributed by atoms with Crippen molar-refractivity contribution in [3.63, 3.8) is 0 Å². The molecule has 1 N–H and O–H groups in total. The van der Waals surface area contributed by atoms with E-state index in [2.05, 4.69) is 5.32 Å². The molecular weight excluding hydrogens is 188 g/mol. The van der Waals surface area contributed by atoms with Crippen LogP contribution >= 0.6 is 11.6 Å². The number of alkyl halides is 1. The minimum atomic E-state index is -0.207. The summed E-state index contributed by atoms with van der Waals surface area (Å²) in [6, 6.07) is 9.20. The molecule has 1 aromatic carbocycles. The van der Waals surface area contributed by atoms with E-state index in [4.69, 9.17) is 11.6 Å². The zero-order chi connectivity index (χ0) is 9.68. The number of carbonyl (C=O) groups is 1. The lowest BCUT2D eigenvalue weighted by Gasteiger charge is -2.18. The molecule has 1 aromatic rings. The number of anilines is 1. The number of nitrogens with zero attached hydrogens (tertiary/aromatic N) is 1. The maximum atomic E-state index is 11.3. The van der Waals surface area contributed by atoms with Crippen LogP contribution in [0.5, 0.6) is 0 Å². The van der Waals surface area contributed by atoms with Crippen LogP contribution in [0, 0.1) is 0 Å². The van der Waals surface area contributed by atoms with E-state index in [0.29, 0.717) is 0 Å². The van der Waals surface area contributed by atoms with Crippen molar-refractivity contribution in [3.8, 4) is 0 Å². The molecule has 0 atom stereocenters. The van der Waals surface area contributed by atoms with Crippen LogP contribution in [0.4, 0.5) is 10.5 Å². The van der Waals surface area contributed by atoms with Crippen molar-refractivity contribution in [1.29, 1.82) is 0 Å². The molecule has 0 radical (unpaired) electrons. The Labute approximate surface area is 82.3 Å². The fourth-order valence-corrected chi connectivity index (χ4v) is 1.23. The van der Waals surface area contributed by atoms with Crippen molar-refractivity contribution in [1.82, 2.24) is 5.32 Å². The number of benzene rings is 1. The molecule has 1 rings (SSSR count). The molecule has 0 aromatic heterocycles. The molecule has 0 aliphatic rings. The summed E-state index contributed by atoms with van der Waals surface area (Å²) in [5, 5.41) is 2.52. The Morgan fingerprint density at radius 2 is 2.08 bits per heavy atom. The Bertz CT molecular complexity index is 276. The second kappa shape index (κ2) is 4.72. The lowest BCUT2D eigenvalue weighted by molar-refractivity contribution is 0.249. The molecule has 13 heavy (non-hydrogen) atoms. The molecule has 0 aliphatic heterocycles. The summed E-state index contributed by atoms with van der Waals surface area (Å²) in [5.74, 6) is 0. The Kier molecular flexibility index (Phi) is 3.58. The van der Waals surface area contributed by atoms with Gasteiger partial charge in [0.15, 0.2) is 0 Å². The predicted octanol–water partition coefficient (Wildman–Crippen LogP) is 2.03. The maximum absolute atomic E-state index is 11.3. The smallest absolute Gasteiger partial charge is 0.322 e. The lowest BCUT2D eigenvalue weighted by atomic mass is 10.3. The monoisotopic (exact) mass is 198 g/mol. The molecule has 0 aliphatic carbocycles. The molecule has 0 heterocycles. The van der Waals surface area contributed by atoms with E-state index in [9.17, 15) is 4.79 Å². The molecular formula is C9H11ClN2O. The number of para-hydroxylation sites is 1. The number of nitrogens with one attached hydrogen (secondary N) is 1. The van der Waals surface area contributed by atoms with Gasteiger partial charge < -0.3 is 5.32 Å². The standard InChI is InChI=1S/C9H11ClN2O/c1-11-9(13)12(7-10)8-5-3-2-4-6-8/h2-6H,7H2,1H3,(H,11,13). The average molecular weight is 199 g/mol. The Morgan fingerprint density at radius 3 is 2.54 bits per heavy atom. The molecule has 0 bridgehead atoms. The van der Waals surface area contributed by atoms with Crippen LogP contribution in [-0.2, 0) is 0 Å². The summed E-state index contributed by atoms with van der Waals surface area (Å²) >= 11 is 5.64. The highest BCUT2D eigenvalue weighted by Crippen LogP contribution is 2.13. The van der Waals surface area contributed by atoms with Gasteiger partial charge in [0, 0.05) is 12.7 Å². The van der Waals surface area contributed by atoms with Gasteiger partial charge in [0.1, 0.15) is 6.00 Å². The fourth-order valence-electron chi connectivity index (χ4n) is 0.983. The first-order chi connectivity index (χ1) is 6.29. The van der Waals surface area contributed by atoms with Crippen LogP contribution in [0.3, 0.4) is 0 Å². The van der Waals surface area contributed by atoms with E-state index in [0.717, 1.165) is 5.69 Å². The van der Waals surface area contributed by atoms with Gasteiger partial charge in [0.25, 0.3) is 0 Å². The average Bonchev–Trinajstić information content (AvgIpc) is 2.20. The molecule has 0 saturated carbocycles. The van der Waals surface area contributed by atoms with Crippen molar-refractivity contribution in [2.45, 2.75) is 0 Å². The van der Waals surface area contributed by atoms with Crippen molar-refractivity contribution in [3.05, 3.63) is 30.3 Å². The number of hydrogen-bond donors (Lipinski definition) is 1. The molecule has 4 heteroatoms. The van der Waals surface area contributed by atoms with Gasteiger partial charge in [-0.1, -0.05) is 18.2 Å². The van der Waals surface area contributed by atoms with Crippen molar-refractivity contribution in [2.24, 2.45) is 0 Å². The normalized spacial score (nSPS) is 9.38. The lowest BCUT2D eigenvalue weighted by Crippen LogP contribution is -2.37. The highest BCUT2D eigenvalue weighted by atomic mass is 35.5. The zero-order valence-electron chi connectivity index (χ0n) is 7.33. The summed E-state index contributed by atoms with van der Waals surface area (Å²) in [5.41, 5.74) is 0.789. The van der Waals surface area contributed by atoms with Crippen LogP contribution in [0.25, 0.3) is 0 Å². The second-order valence-corrected chi connectivity index (χ2v) is 2.68. The number of hydrogen-bond acceptors (Lipinski definition) is 1. The van der Waals surface area contributed by atoms with Gasteiger partial charge in [-0.15, -0.1) is 11.6 Å². The minimum absolute atomic E-state index is 0.143. The van der Waals surface area contributed by atoms with Crippen molar-refractivity contribution >= 4 is 23.3 Å². The highest BCUT2D eigenvalue weighted by Gasteiger charge is 2.11. The van der Waals surface area contributed by atoms with Gasteiger partial charge in [-0.05, 0) is 12.1 Å². The van der Waals surface area contributed by atoms with Gasteiger partial charge in [-0.25, -0.2) is 4.79 Å². The zero-order valence-corrected chi connectivity index (χ0v) is 8.08. The number of carbonyl (C=O) groups excluding carboxylic acids is 1. The van der Waals surface area contributed by atoms with E-state index < -0.39 is 0 Å². The number of halogens is 1. The van der Waals surface area contributed by atoms with Crippen LogP contribution in [0.15, 0.2) is 30.3 Å². The second-order valence-electron chi connectivity index (χ2n) is 2.44. The van der Waals surface area contributed by atoms with E-state index in [-0.39, 0.29) is 12.0 Å². The first-order valence-electron chi connectivity index (χ1n) is 3.90. The molecule has 2 amide bonds. The third-order valence-electron chi connectivity index (χ3n) is 1.65. The predicted molar refractivity (Wildman–Crippen MR) is 54.1 cm³/mol. The van der Waals surface area contributed by atoms with Gasteiger partial charge in [-0.2, -0.15) is 0 Å². The maximum Gasteiger partial charge on any atom is 0.322 e. The van der Waals surface area contributed by atoms with E-state index >= 15 is 0 Å². The first-order valence-corrected chi connectivity index (χ1v) is 4.43. The van der Waals surface area contributed by atoms with E-state index in [1.807, 2.05) is 30.3 Å². The molecule has 0 fully saturated rings. The minimum Gasteiger partial charge on any atom is -0.341 e. The number of rotatable bonds is 2. The number of amides is 2. The first kappa shape index (κ1) is 9.86. The van der Waals surface area contributed by atoms with Gasteiger partial charge >= 0.3 is 6.03 Å². The summed E-state index contributed by atoms with van der Waals surface area (Å²) < 4.78 is 0. The van der Waals surface area contributed by atoms with Gasteiger partial charge in [0.2, 0.25) is 0 Å². The summed E-state index contributed by atoms with van der Waals surface area (Å²) in [6.07, 6.45) is 0. The number of urea groups is 1. The molecule has 3 nitrogen and oxygen atoms in total. The van der Waals surface area contributed by atoms with E-state index in [1.165, 1.54) is 4.90 Å². The Hall–Kier alpha value is -1.22. The molecule has 0 spiro atoms. The van der Waals surface area contributed by atoms with Crippen LogP contribution in [0.1, 0.15) is 0 Å². The topological polar surface area (TPSA) is 32.3 Å². The quantitative estimate of drug-likeness (QED) is 0.573. The highest BCUT2D eigenvalue weighted by molar-refractivity contribution is 6.21. The molecule has 0 unspecified atom stereocenters. The largest absolute Gasteiger partial charge is 0.341 e. The SMILES string of the molecule is CNC(=O)N(CCl)c1ccccc1. The Balaban J connectivity index is 2.85. The van der Waals surface area contributed by atoms with Crippen molar-refractivity contribution < 1.29 is 4.79 Å². The summed E-state index contributed by atoms with van der Waals surface area (Å²) in [6.45, 7) is 0. The van der Waals surface area contributed by atoms with E-state index in [1.54, 1.807) is 7.05 Å². The third-order valence-corrected chi connectivity index (χ3v) is 1.89. The van der Waals surface area contributed by atoms with Crippen LogP contribution in [-0.4, -0.2) is 19.1 Å². The summed E-state index contributed by atoms with van der Waals surface area (Å²) in [4.78, 5) is 12.7.